The predicted molar refractivity (Wildman–Crippen MR) is 400 cm³/mol. The molecule has 1 aromatic heterocycles. The third-order valence-electron chi connectivity index (χ3n) is 16.8. The number of hydrogen-bond acceptors (Lipinski definition) is 25. The number of unbranched alkanes of at least 4 members (excludes halogenated alkanes) is 7. The van der Waals surface area contributed by atoms with E-state index < -0.39 is 138 Å². The van der Waals surface area contributed by atoms with E-state index in [2.05, 4.69) is 10.6 Å². The van der Waals surface area contributed by atoms with Crippen molar-refractivity contribution >= 4 is 71.5 Å². The van der Waals surface area contributed by atoms with Crippen molar-refractivity contribution in [2.45, 2.75) is 153 Å². The molecule has 2 amide bonds. The second kappa shape index (κ2) is 46.2. The lowest BCUT2D eigenvalue weighted by Gasteiger charge is -2.26. The van der Waals surface area contributed by atoms with Crippen LogP contribution in [0.25, 0.3) is 0 Å². The minimum atomic E-state index is -2.18. The van der Waals surface area contributed by atoms with Crippen LogP contribution >= 0.6 is 0 Å². The van der Waals surface area contributed by atoms with E-state index in [-0.39, 0.29) is 121 Å². The molecule has 0 spiro atoms. The van der Waals surface area contributed by atoms with E-state index in [1.807, 2.05) is 9.97 Å². The van der Waals surface area contributed by atoms with E-state index in [1.54, 1.807) is 140 Å². The maximum Gasteiger partial charge on any atom is 0.352 e. The average molecular weight is 1550 g/mol. The zero-order valence-electron chi connectivity index (χ0n) is 61.5. The first-order valence-corrected chi connectivity index (χ1v) is 36.5. The van der Waals surface area contributed by atoms with E-state index in [0.717, 1.165) is 4.57 Å². The topological polar surface area (TPSA) is 409 Å². The van der Waals surface area contributed by atoms with E-state index in [0.29, 0.717) is 35.1 Å². The monoisotopic (exact) mass is 1550 g/mol. The van der Waals surface area contributed by atoms with Crippen molar-refractivity contribution in [1.29, 1.82) is 0 Å². The average Bonchev–Trinajstić information content (AvgIpc) is 0.834. The van der Waals surface area contributed by atoms with Gasteiger partial charge in [0.25, 0.3) is 11.8 Å². The zero-order valence-corrected chi connectivity index (χ0v) is 61.5. The van der Waals surface area contributed by atoms with Crippen molar-refractivity contribution < 1.29 is 105 Å². The number of ether oxygens (including phenoxy) is 10. The van der Waals surface area contributed by atoms with E-state index in [4.69, 9.17) is 47.4 Å². The number of benzene rings is 7. The lowest BCUT2D eigenvalue weighted by molar-refractivity contribution is -0.185. The molecular weight excluding hydrogens is 1470 g/mol. The Morgan fingerprint density at radius 1 is 0.292 bits per heavy atom. The Hall–Kier alpha value is -13.4. The minimum Gasteiger partial charge on any atom is -0.458 e. The molecule has 0 aliphatic carbocycles. The summed E-state index contributed by atoms with van der Waals surface area (Å²) in [5.41, 5.74) is -0.739. The van der Waals surface area contributed by atoms with E-state index >= 15 is 0 Å². The lowest BCUT2D eigenvalue weighted by atomic mass is 10.1. The second-order valence-corrected chi connectivity index (χ2v) is 25.4. The largest absolute Gasteiger partial charge is 0.458 e. The van der Waals surface area contributed by atoms with Crippen LogP contribution in [0.4, 0.5) is 0 Å². The molecule has 0 saturated carbocycles. The molecule has 6 atom stereocenters. The third kappa shape index (κ3) is 29.2. The van der Waals surface area contributed by atoms with Gasteiger partial charge < -0.3 is 58.0 Å². The number of amides is 2. The van der Waals surface area contributed by atoms with Crippen molar-refractivity contribution in [3.63, 3.8) is 0 Å². The number of aromatic nitrogens is 3. The number of rotatable bonds is 45. The van der Waals surface area contributed by atoms with Crippen LogP contribution < -0.4 is 27.7 Å². The maximum atomic E-state index is 14.5. The fourth-order valence-electron chi connectivity index (χ4n) is 10.9. The molecule has 0 saturated heterocycles. The number of hydrogen-bond donors (Lipinski definition) is 4. The van der Waals surface area contributed by atoms with Gasteiger partial charge in [-0.15, -0.1) is 0 Å². The van der Waals surface area contributed by atoms with Crippen LogP contribution in [0.1, 0.15) is 137 Å². The van der Waals surface area contributed by atoms with Gasteiger partial charge in [-0.2, -0.15) is 0 Å². The summed E-state index contributed by atoms with van der Waals surface area (Å²) >= 11 is 0. The highest BCUT2D eigenvalue weighted by molar-refractivity contribution is 5.98. The summed E-state index contributed by atoms with van der Waals surface area (Å²) in [5.74, 6) is -13.5. The fraction of sp³-hybridized carbons (Fsp3) is 0.313. The van der Waals surface area contributed by atoms with E-state index in [1.165, 1.54) is 72.8 Å². The van der Waals surface area contributed by atoms with Crippen molar-refractivity contribution in [3.8, 4) is 0 Å². The molecular formula is C83H85N5O25. The fourth-order valence-corrected chi connectivity index (χ4v) is 10.9. The number of H-pyrrole nitrogens is 2. The Morgan fingerprint density at radius 3 is 0.850 bits per heavy atom. The molecule has 30 heteroatoms. The smallest absolute Gasteiger partial charge is 0.352 e. The summed E-state index contributed by atoms with van der Waals surface area (Å²) < 4.78 is 56.8. The first-order chi connectivity index (χ1) is 54.8. The lowest BCUT2D eigenvalue weighted by Crippen LogP contribution is -2.53. The Morgan fingerprint density at radius 2 is 0.540 bits per heavy atom. The minimum absolute atomic E-state index is 0.00838. The standard InChI is InChI=1S/C83H85N5O25/c89-63(46-26-1-2-31-51-88-82(102)86-81(101)87-83(88)103)108-66(72(92)84-49-29-10-27-47-64(90)109-68(77(97)104-52-56-32-12-3-13-33-56)70(112-75(95)61-42-22-8-23-43-61)79(99)106-54-58-36-16-5-17-37-58)67(111-74(94)60-40-20-7-21-41-60)73(93)85-50-30-11-28-48-65(91)110-69(78(98)105-53-57-34-14-4-15-35-57)71(113-76(96)62-44-24-9-25-45-62)80(100)107-55-59-38-18-6-19-39-59/h3-9,12-25,32-45,66-71H,1-2,10-11,26-31,46-55H2,(H,84,92)(H,85,93)(H2,86,87,101,102,103)/t66-,67-,68-,69-,70-,71-/m0/s1. The van der Waals surface area contributed by atoms with Gasteiger partial charge in [-0.1, -0.05) is 202 Å². The summed E-state index contributed by atoms with van der Waals surface area (Å²) in [6, 6.07) is 56.1. The van der Waals surface area contributed by atoms with Crippen molar-refractivity contribution in [3.05, 3.63) is 283 Å². The molecule has 4 N–H and O–H groups in total. The number of nitrogens with one attached hydrogen (secondary N) is 4. The molecule has 1 heterocycles. The zero-order chi connectivity index (χ0) is 80.5. The molecule has 8 aromatic rings. The van der Waals surface area contributed by atoms with Gasteiger partial charge >= 0.3 is 76.8 Å². The Bertz CT molecular complexity index is 4590. The van der Waals surface area contributed by atoms with Gasteiger partial charge in [0.15, 0.2) is 0 Å². The summed E-state index contributed by atoms with van der Waals surface area (Å²) in [7, 11) is 0. The van der Waals surface area contributed by atoms with Gasteiger partial charge in [-0.05, 0) is 97.2 Å². The molecule has 0 bridgehead atoms. The van der Waals surface area contributed by atoms with Gasteiger partial charge in [-0.3, -0.25) is 33.9 Å². The molecule has 592 valence electrons. The Labute approximate surface area is 647 Å². The maximum absolute atomic E-state index is 14.5. The number of carbonyl (C=O) groups is 12. The number of aromatic amines is 2. The molecule has 30 nitrogen and oxygen atoms in total. The van der Waals surface area contributed by atoms with Gasteiger partial charge in [0.1, 0.15) is 26.4 Å². The van der Waals surface area contributed by atoms with Gasteiger partial charge in [0.05, 0.1) is 16.7 Å². The predicted octanol–water partition coefficient (Wildman–Crippen LogP) is 7.91. The molecule has 0 unspecified atom stereocenters. The highest BCUT2D eigenvalue weighted by Gasteiger charge is 2.45. The van der Waals surface area contributed by atoms with Gasteiger partial charge in [0, 0.05) is 38.9 Å². The van der Waals surface area contributed by atoms with Crippen molar-refractivity contribution in [2.75, 3.05) is 13.1 Å². The highest BCUT2D eigenvalue weighted by atomic mass is 16.7. The van der Waals surface area contributed by atoms with Crippen LogP contribution in [-0.2, 0) is 123 Å². The number of nitrogens with zero attached hydrogens (tertiary/aromatic N) is 1. The Kier molecular flexibility index (Phi) is 34.8. The second-order valence-electron chi connectivity index (χ2n) is 25.4. The first kappa shape index (κ1) is 85.2. The van der Waals surface area contributed by atoms with Crippen LogP contribution in [0, 0.1) is 0 Å². The molecule has 7 aromatic carbocycles. The van der Waals surface area contributed by atoms with Crippen LogP contribution in [0.2, 0.25) is 0 Å². The van der Waals surface area contributed by atoms with Crippen LogP contribution in [0.3, 0.4) is 0 Å². The first-order valence-electron chi connectivity index (χ1n) is 36.5. The van der Waals surface area contributed by atoms with Gasteiger partial charge in [-0.25, -0.2) is 52.5 Å². The molecule has 113 heavy (non-hydrogen) atoms. The summed E-state index contributed by atoms with van der Waals surface area (Å²) in [6.45, 7) is -1.79. The number of esters is 10. The quantitative estimate of drug-likeness (QED) is 0.0160. The van der Waals surface area contributed by atoms with E-state index in [9.17, 15) is 71.9 Å². The molecule has 0 aliphatic heterocycles. The summed E-state index contributed by atoms with van der Waals surface area (Å²) in [5, 5.41) is 5.20. The third-order valence-corrected chi connectivity index (χ3v) is 16.8. The summed E-state index contributed by atoms with van der Waals surface area (Å²) in [4.78, 5) is 207. The highest BCUT2D eigenvalue weighted by Crippen LogP contribution is 2.22. The SMILES string of the molecule is O=C(CCCCCCn1c(=O)[nH]c(=O)[nH]c1=O)O[C@H](C(=O)NCCCCCC(=O)O[C@H](C(=O)OCc1ccccc1)[C@H](OC(=O)c1ccccc1)C(=O)OCc1ccccc1)[C@H](OC(=O)c1ccccc1)C(=O)NCCCCCC(=O)O[C@H](C(=O)OCc1ccccc1)[C@H](OC(=O)c1ccccc1)C(=O)OCc1ccccc1. The van der Waals surface area contributed by atoms with Crippen molar-refractivity contribution in [1.82, 2.24) is 25.2 Å². The number of carbonyl (C=O) groups excluding carboxylic acids is 12. The molecule has 8 rings (SSSR count). The van der Waals surface area contributed by atoms with Crippen LogP contribution in [-0.4, -0.2) is 136 Å². The Balaban J connectivity index is 0.930. The molecule has 0 radical (unpaired) electrons. The van der Waals surface area contributed by atoms with Crippen molar-refractivity contribution in [2.24, 2.45) is 0 Å². The molecule has 0 aliphatic rings. The summed E-state index contributed by atoms with van der Waals surface area (Å²) in [6.07, 6.45) is -12.6. The van der Waals surface area contributed by atoms with Gasteiger partial charge in [0.2, 0.25) is 36.6 Å². The normalized spacial score (nSPS) is 12.4. The molecule has 0 fully saturated rings. The van der Waals surface area contributed by atoms with Crippen LogP contribution in [0.15, 0.2) is 227 Å². The van der Waals surface area contributed by atoms with Crippen LogP contribution in [0.5, 0.6) is 0 Å².